The smallest absolute Gasteiger partial charge is 0.0192 e. The fourth-order valence-corrected chi connectivity index (χ4v) is 2.71. The number of aryl methyl sites for hydroxylation is 1. The molecular formula is C16H26N2. The van der Waals surface area contributed by atoms with Gasteiger partial charge in [-0.15, -0.1) is 0 Å². The van der Waals surface area contributed by atoms with Crippen molar-refractivity contribution in [2.45, 2.75) is 46.1 Å². The summed E-state index contributed by atoms with van der Waals surface area (Å²) in [5, 5.41) is 7.10. The first-order chi connectivity index (χ1) is 8.68. The lowest BCUT2D eigenvalue weighted by atomic mass is 9.97. The van der Waals surface area contributed by atoms with Crippen molar-refractivity contribution in [2.75, 3.05) is 19.6 Å². The lowest BCUT2D eigenvalue weighted by molar-refractivity contribution is 0.537. The molecule has 1 heterocycles. The molecule has 1 aliphatic rings. The zero-order chi connectivity index (χ0) is 13.0. The van der Waals surface area contributed by atoms with Gasteiger partial charge in [-0.25, -0.2) is 0 Å². The van der Waals surface area contributed by atoms with Gasteiger partial charge in [-0.2, -0.15) is 0 Å². The lowest BCUT2D eigenvalue weighted by Gasteiger charge is -2.14. The zero-order valence-electron chi connectivity index (χ0n) is 12.0. The second kappa shape index (κ2) is 6.35. The SMILES string of the molecule is Cc1ccc(CCNCC2CCCN2)c(C)c1C. The average Bonchev–Trinajstić information content (AvgIpc) is 2.87. The molecule has 2 rings (SSSR count). The molecule has 100 valence electrons. The van der Waals surface area contributed by atoms with Gasteiger partial charge in [0.25, 0.3) is 0 Å². The molecule has 1 saturated heterocycles. The van der Waals surface area contributed by atoms with E-state index in [9.17, 15) is 0 Å². The molecule has 2 heteroatoms. The van der Waals surface area contributed by atoms with Crippen molar-refractivity contribution in [3.05, 3.63) is 34.4 Å². The summed E-state index contributed by atoms with van der Waals surface area (Å²) in [5.41, 5.74) is 5.81. The molecule has 0 aromatic heterocycles. The van der Waals surface area contributed by atoms with Crippen molar-refractivity contribution < 1.29 is 0 Å². The Labute approximate surface area is 111 Å². The Balaban J connectivity index is 1.77. The molecule has 18 heavy (non-hydrogen) atoms. The van der Waals surface area contributed by atoms with E-state index >= 15 is 0 Å². The molecule has 1 aromatic carbocycles. The Bertz CT molecular complexity index is 392. The molecule has 2 N–H and O–H groups in total. The monoisotopic (exact) mass is 246 g/mol. The van der Waals surface area contributed by atoms with E-state index in [4.69, 9.17) is 0 Å². The van der Waals surface area contributed by atoms with E-state index in [1.54, 1.807) is 0 Å². The summed E-state index contributed by atoms with van der Waals surface area (Å²) in [7, 11) is 0. The van der Waals surface area contributed by atoms with E-state index < -0.39 is 0 Å². The van der Waals surface area contributed by atoms with Gasteiger partial charge in [-0.1, -0.05) is 12.1 Å². The Morgan fingerprint density at radius 3 is 2.78 bits per heavy atom. The molecule has 1 unspecified atom stereocenters. The summed E-state index contributed by atoms with van der Waals surface area (Å²) >= 11 is 0. The predicted molar refractivity (Wildman–Crippen MR) is 78.3 cm³/mol. The Hall–Kier alpha value is -0.860. The number of hydrogen-bond acceptors (Lipinski definition) is 2. The van der Waals surface area contributed by atoms with Crippen LogP contribution < -0.4 is 10.6 Å². The van der Waals surface area contributed by atoms with Gasteiger partial charge in [-0.3, -0.25) is 0 Å². The summed E-state index contributed by atoms with van der Waals surface area (Å²) in [6.45, 7) is 10.1. The van der Waals surface area contributed by atoms with Gasteiger partial charge in [0.15, 0.2) is 0 Å². The van der Waals surface area contributed by atoms with Crippen LogP contribution in [0.25, 0.3) is 0 Å². The van der Waals surface area contributed by atoms with Crippen LogP contribution in [0, 0.1) is 20.8 Å². The van der Waals surface area contributed by atoms with Crippen molar-refractivity contribution in [3.8, 4) is 0 Å². The minimum Gasteiger partial charge on any atom is -0.315 e. The molecule has 0 amide bonds. The fraction of sp³-hybridized carbons (Fsp3) is 0.625. The molecule has 0 spiro atoms. The molecule has 2 nitrogen and oxygen atoms in total. The van der Waals surface area contributed by atoms with Crippen molar-refractivity contribution in [1.82, 2.24) is 10.6 Å². The van der Waals surface area contributed by atoms with Crippen LogP contribution in [0.2, 0.25) is 0 Å². The minimum absolute atomic E-state index is 0.700. The summed E-state index contributed by atoms with van der Waals surface area (Å²) in [4.78, 5) is 0. The van der Waals surface area contributed by atoms with Gasteiger partial charge in [0.2, 0.25) is 0 Å². The Morgan fingerprint density at radius 2 is 2.06 bits per heavy atom. The van der Waals surface area contributed by atoms with E-state index in [0.717, 1.165) is 19.5 Å². The molecule has 1 aliphatic heterocycles. The number of rotatable bonds is 5. The van der Waals surface area contributed by atoms with Gasteiger partial charge in [0.1, 0.15) is 0 Å². The van der Waals surface area contributed by atoms with Crippen LogP contribution in [0.3, 0.4) is 0 Å². The first kappa shape index (κ1) is 13.6. The Morgan fingerprint density at radius 1 is 1.22 bits per heavy atom. The highest BCUT2D eigenvalue weighted by atomic mass is 15.0. The van der Waals surface area contributed by atoms with E-state index in [-0.39, 0.29) is 0 Å². The van der Waals surface area contributed by atoms with Crippen molar-refractivity contribution >= 4 is 0 Å². The van der Waals surface area contributed by atoms with Crippen molar-refractivity contribution in [3.63, 3.8) is 0 Å². The highest BCUT2D eigenvalue weighted by Crippen LogP contribution is 2.17. The van der Waals surface area contributed by atoms with Gasteiger partial charge in [-0.05, 0) is 75.4 Å². The van der Waals surface area contributed by atoms with Gasteiger partial charge >= 0.3 is 0 Å². The van der Waals surface area contributed by atoms with Crippen LogP contribution in [0.15, 0.2) is 12.1 Å². The summed E-state index contributed by atoms with van der Waals surface area (Å²) in [6, 6.07) is 5.23. The standard InChI is InChI=1S/C16H26N2/c1-12-6-7-15(14(3)13(12)2)8-10-17-11-16-5-4-9-18-16/h6-7,16-18H,4-5,8-11H2,1-3H3. The van der Waals surface area contributed by atoms with Gasteiger partial charge in [0.05, 0.1) is 0 Å². The fourth-order valence-electron chi connectivity index (χ4n) is 2.71. The zero-order valence-corrected chi connectivity index (χ0v) is 12.0. The molecule has 1 fully saturated rings. The third kappa shape index (κ3) is 3.33. The molecular weight excluding hydrogens is 220 g/mol. The third-order valence-electron chi connectivity index (χ3n) is 4.29. The molecule has 1 atom stereocenters. The number of hydrogen-bond donors (Lipinski definition) is 2. The van der Waals surface area contributed by atoms with Crippen LogP contribution >= 0.6 is 0 Å². The quantitative estimate of drug-likeness (QED) is 0.780. The normalized spacial score (nSPS) is 19.4. The first-order valence-corrected chi connectivity index (χ1v) is 7.18. The van der Waals surface area contributed by atoms with Crippen LogP contribution in [0.4, 0.5) is 0 Å². The molecule has 1 aromatic rings. The summed E-state index contributed by atoms with van der Waals surface area (Å²) in [6.07, 6.45) is 3.80. The summed E-state index contributed by atoms with van der Waals surface area (Å²) in [5.74, 6) is 0. The van der Waals surface area contributed by atoms with E-state index in [0.29, 0.717) is 6.04 Å². The minimum atomic E-state index is 0.700. The van der Waals surface area contributed by atoms with Crippen LogP contribution in [-0.2, 0) is 6.42 Å². The van der Waals surface area contributed by atoms with E-state index in [2.05, 4.69) is 43.5 Å². The largest absolute Gasteiger partial charge is 0.315 e. The maximum Gasteiger partial charge on any atom is 0.0192 e. The second-order valence-corrected chi connectivity index (χ2v) is 5.54. The van der Waals surface area contributed by atoms with Crippen LogP contribution in [0.5, 0.6) is 0 Å². The highest BCUT2D eigenvalue weighted by molar-refractivity contribution is 5.38. The highest BCUT2D eigenvalue weighted by Gasteiger charge is 2.12. The molecule has 0 radical (unpaired) electrons. The van der Waals surface area contributed by atoms with E-state index in [1.807, 2.05) is 0 Å². The first-order valence-electron chi connectivity index (χ1n) is 7.18. The molecule has 0 aliphatic carbocycles. The average molecular weight is 246 g/mol. The van der Waals surface area contributed by atoms with Crippen LogP contribution in [0.1, 0.15) is 35.1 Å². The topological polar surface area (TPSA) is 24.1 Å². The Kier molecular flexibility index (Phi) is 4.79. The number of benzene rings is 1. The maximum absolute atomic E-state index is 3.57. The molecule has 0 saturated carbocycles. The molecule has 0 bridgehead atoms. The summed E-state index contributed by atoms with van der Waals surface area (Å²) < 4.78 is 0. The van der Waals surface area contributed by atoms with Crippen molar-refractivity contribution in [2.24, 2.45) is 0 Å². The lowest BCUT2D eigenvalue weighted by Crippen LogP contribution is -2.34. The second-order valence-electron chi connectivity index (χ2n) is 5.54. The third-order valence-corrected chi connectivity index (χ3v) is 4.29. The van der Waals surface area contributed by atoms with Gasteiger partial charge < -0.3 is 10.6 Å². The van der Waals surface area contributed by atoms with Crippen molar-refractivity contribution in [1.29, 1.82) is 0 Å². The van der Waals surface area contributed by atoms with Crippen LogP contribution in [-0.4, -0.2) is 25.7 Å². The predicted octanol–water partition coefficient (Wildman–Crippen LogP) is 2.50. The van der Waals surface area contributed by atoms with E-state index in [1.165, 1.54) is 41.6 Å². The maximum atomic E-state index is 3.57. The van der Waals surface area contributed by atoms with Gasteiger partial charge in [0, 0.05) is 12.6 Å². The number of nitrogens with one attached hydrogen (secondary N) is 2.